The second kappa shape index (κ2) is 11.7. The Morgan fingerprint density at radius 2 is 1.05 bits per heavy atom. The van der Waals surface area contributed by atoms with Gasteiger partial charge in [0, 0.05) is 6.61 Å². The van der Waals surface area contributed by atoms with Crippen molar-refractivity contribution in [2.75, 3.05) is 6.61 Å². The number of aliphatic hydroxyl groups is 1. The Labute approximate surface area is 119 Å². The van der Waals surface area contributed by atoms with E-state index >= 15 is 0 Å². The molecule has 0 saturated carbocycles. The minimum atomic E-state index is 0.367. The first-order valence-corrected chi connectivity index (χ1v) is 8.61. The lowest BCUT2D eigenvalue weighted by Gasteiger charge is -2.02. The molecule has 0 bridgehead atoms. The summed E-state index contributed by atoms with van der Waals surface area (Å²) in [5, 5.41) is 8.67. The predicted molar refractivity (Wildman–Crippen MR) is 81.4 cm³/mol. The fourth-order valence-corrected chi connectivity index (χ4v) is 2.76. The van der Waals surface area contributed by atoms with Gasteiger partial charge in [-0.05, 0) is 19.8 Å². The first-order chi connectivity index (χ1) is 9.34. The van der Waals surface area contributed by atoms with Crippen molar-refractivity contribution in [3.63, 3.8) is 0 Å². The maximum atomic E-state index is 8.67. The number of hydrogen-bond donors (Lipinski definition) is 1. The average Bonchev–Trinajstić information content (AvgIpc) is 3.11. The topological polar surface area (TPSA) is 32.8 Å². The summed E-state index contributed by atoms with van der Waals surface area (Å²) in [5.41, 5.74) is 0. The Kier molecular flexibility index (Phi) is 10.5. The number of rotatable bonds is 14. The van der Waals surface area contributed by atoms with Gasteiger partial charge in [-0.1, -0.05) is 70.6 Å². The van der Waals surface area contributed by atoms with Gasteiger partial charge in [-0.2, -0.15) is 0 Å². The largest absolute Gasteiger partial charge is 0.396 e. The highest BCUT2D eigenvalue weighted by Crippen LogP contribution is 2.26. The summed E-state index contributed by atoms with van der Waals surface area (Å²) in [4.78, 5) is 0. The molecule has 2 unspecified atom stereocenters. The second-order valence-corrected chi connectivity index (χ2v) is 6.13. The molecule has 1 rings (SSSR count). The summed E-state index contributed by atoms with van der Waals surface area (Å²) in [6, 6.07) is 0. The molecule has 2 atom stereocenters. The number of ether oxygens (including phenoxy) is 1. The monoisotopic (exact) mass is 270 g/mol. The molecule has 1 aliphatic heterocycles. The van der Waals surface area contributed by atoms with Gasteiger partial charge in [-0.25, -0.2) is 0 Å². The van der Waals surface area contributed by atoms with E-state index in [2.05, 4.69) is 6.92 Å². The maximum absolute atomic E-state index is 8.67. The fraction of sp³-hybridized carbons (Fsp3) is 1.00. The summed E-state index contributed by atoms with van der Waals surface area (Å²) in [7, 11) is 0. The van der Waals surface area contributed by atoms with Crippen molar-refractivity contribution in [1.29, 1.82) is 0 Å². The van der Waals surface area contributed by atoms with Crippen LogP contribution in [0.25, 0.3) is 0 Å². The van der Waals surface area contributed by atoms with E-state index in [0.29, 0.717) is 18.8 Å². The van der Waals surface area contributed by atoms with Crippen molar-refractivity contribution in [3.8, 4) is 0 Å². The molecule has 1 aliphatic rings. The maximum Gasteiger partial charge on any atom is 0.0839 e. The SMILES string of the molecule is CC1OC1CCCCCCCCCCCCCCO. The molecule has 0 amide bonds. The molecule has 1 heterocycles. The molecule has 1 N–H and O–H groups in total. The lowest BCUT2D eigenvalue weighted by molar-refractivity contribution is 0.282. The summed E-state index contributed by atoms with van der Waals surface area (Å²) in [6.07, 6.45) is 18.5. The third-order valence-corrected chi connectivity index (χ3v) is 4.23. The van der Waals surface area contributed by atoms with Gasteiger partial charge >= 0.3 is 0 Å². The van der Waals surface area contributed by atoms with Gasteiger partial charge in [0.25, 0.3) is 0 Å². The van der Waals surface area contributed by atoms with Crippen LogP contribution in [-0.4, -0.2) is 23.9 Å². The van der Waals surface area contributed by atoms with E-state index in [1.165, 1.54) is 77.0 Å². The Balaban J connectivity index is 1.63. The molecule has 0 aliphatic carbocycles. The van der Waals surface area contributed by atoms with E-state index in [-0.39, 0.29) is 0 Å². The van der Waals surface area contributed by atoms with Crippen LogP contribution in [0.5, 0.6) is 0 Å². The van der Waals surface area contributed by atoms with Gasteiger partial charge in [0.15, 0.2) is 0 Å². The molecule has 1 fully saturated rings. The van der Waals surface area contributed by atoms with E-state index < -0.39 is 0 Å². The molecular formula is C17H34O2. The third-order valence-electron chi connectivity index (χ3n) is 4.23. The van der Waals surface area contributed by atoms with Gasteiger partial charge in [-0.15, -0.1) is 0 Å². The lowest BCUT2D eigenvalue weighted by Crippen LogP contribution is -1.89. The molecule has 114 valence electrons. The molecule has 0 aromatic rings. The van der Waals surface area contributed by atoms with Crippen molar-refractivity contribution < 1.29 is 9.84 Å². The van der Waals surface area contributed by atoms with E-state index in [4.69, 9.17) is 9.84 Å². The lowest BCUT2D eigenvalue weighted by atomic mass is 10.0. The zero-order valence-electron chi connectivity index (χ0n) is 12.9. The third kappa shape index (κ3) is 10.4. The van der Waals surface area contributed by atoms with Gasteiger partial charge in [0.2, 0.25) is 0 Å². The summed E-state index contributed by atoms with van der Waals surface area (Å²) >= 11 is 0. The average molecular weight is 270 g/mol. The fourth-order valence-electron chi connectivity index (χ4n) is 2.76. The molecule has 0 aromatic carbocycles. The van der Waals surface area contributed by atoms with Crippen LogP contribution in [0.1, 0.15) is 90.4 Å². The molecular weight excluding hydrogens is 236 g/mol. The normalized spacial score (nSPS) is 21.8. The Bertz CT molecular complexity index is 194. The van der Waals surface area contributed by atoms with Crippen molar-refractivity contribution in [1.82, 2.24) is 0 Å². The summed E-state index contributed by atoms with van der Waals surface area (Å²) in [5.74, 6) is 0. The number of hydrogen-bond acceptors (Lipinski definition) is 2. The van der Waals surface area contributed by atoms with Crippen LogP contribution in [0.2, 0.25) is 0 Å². The van der Waals surface area contributed by atoms with Crippen LogP contribution >= 0.6 is 0 Å². The molecule has 0 spiro atoms. The standard InChI is InChI=1S/C17H34O2/c1-16-17(19-16)14-12-10-8-6-4-2-3-5-7-9-11-13-15-18/h16-18H,2-15H2,1H3. The van der Waals surface area contributed by atoms with E-state index in [9.17, 15) is 0 Å². The van der Waals surface area contributed by atoms with Crippen LogP contribution < -0.4 is 0 Å². The van der Waals surface area contributed by atoms with E-state index in [1.807, 2.05) is 0 Å². The second-order valence-electron chi connectivity index (χ2n) is 6.13. The smallest absolute Gasteiger partial charge is 0.0839 e. The minimum absolute atomic E-state index is 0.367. The number of unbranched alkanes of at least 4 members (excludes halogenated alkanes) is 11. The zero-order valence-corrected chi connectivity index (χ0v) is 12.9. The highest BCUT2D eigenvalue weighted by Gasteiger charge is 2.32. The Morgan fingerprint density at radius 1 is 0.684 bits per heavy atom. The molecule has 2 nitrogen and oxygen atoms in total. The van der Waals surface area contributed by atoms with Gasteiger partial charge in [0.05, 0.1) is 12.2 Å². The number of epoxide rings is 1. The molecule has 2 heteroatoms. The van der Waals surface area contributed by atoms with Crippen molar-refractivity contribution in [2.24, 2.45) is 0 Å². The first kappa shape index (κ1) is 17.0. The van der Waals surface area contributed by atoms with Gasteiger partial charge in [0.1, 0.15) is 0 Å². The van der Waals surface area contributed by atoms with Crippen molar-refractivity contribution >= 4 is 0 Å². The highest BCUT2D eigenvalue weighted by molar-refractivity contribution is 4.79. The van der Waals surface area contributed by atoms with E-state index in [1.54, 1.807) is 0 Å². The van der Waals surface area contributed by atoms with Crippen LogP contribution in [0.4, 0.5) is 0 Å². The Morgan fingerprint density at radius 3 is 1.42 bits per heavy atom. The Hall–Kier alpha value is -0.0800. The van der Waals surface area contributed by atoms with Crippen LogP contribution in [0.15, 0.2) is 0 Å². The van der Waals surface area contributed by atoms with Crippen LogP contribution in [-0.2, 0) is 4.74 Å². The van der Waals surface area contributed by atoms with Crippen molar-refractivity contribution in [3.05, 3.63) is 0 Å². The van der Waals surface area contributed by atoms with E-state index in [0.717, 1.165) is 6.42 Å². The summed E-state index contributed by atoms with van der Waals surface area (Å²) in [6.45, 7) is 2.54. The minimum Gasteiger partial charge on any atom is -0.396 e. The predicted octanol–water partition coefficient (Wildman–Crippen LogP) is 4.84. The first-order valence-electron chi connectivity index (χ1n) is 8.61. The zero-order chi connectivity index (χ0) is 13.8. The number of aliphatic hydroxyl groups excluding tert-OH is 1. The van der Waals surface area contributed by atoms with Gasteiger partial charge < -0.3 is 9.84 Å². The quantitative estimate of drug-likeness (QED) is 0.362. The molecule has 0 aromatic heterocycles. The van der Waals surface area contributed by atoms with Crippen LogP contribution in [0.3, 0.4) is 0 Å². The molecule has 0 radical (unpaired) electrons. The summed E-state index contributed by atoms with van der Waals surface area (Å²) < 4.78 is 5.41. The molecule has 19 heavy (non-hydrogen) atoms. The highest BCUT2D eigenvalue weighted by atomic mass is 16.6. The van der Waals surface area contributed by atoms with Crippen LogP contribution in [0, 0.1) is 0 Å². The van der Waals surface area contributed by atoms with Gasteiger partial charge in [-0.3, -0.25) is 0 Å². The van der Waals surface area contributed by atoms with Crippen molar-refractivity contribution in [2.45, 2.75) is 103 Å². The molecule has 1 saturated heterocycles.